The first-order valence-electron chi connectivity index (χ1n) is 8.77. The average Bonchev–Trinajstić information content (AvgIpc) is 2.64. The van der Waals surface area contributed by atoms with Crippen LogP contribution in [0.1, 0.15) is 33.1 Å². The first-order chi connectivity index (χ1) is 12.3. The molecule has 7 heteroatoms. The minimum Gasteiger partial charge on any atom is -0.342 e. The van der Waals surface area contributed by atoms with Crippen LogP contribution in [0.2, 0.25) is 10.0 Å². The molecule has 0 amide bonds. The molecule has 1 aliphatic rings. The van der Waals surface area contributed by atoms with Crippen molar-refractivity contribution in [3.63, 3.8) is 0 Å². The molecule has 1 aliphatic heterocycles. The second kappa shape index (κ2) is 7.83. The molecule has 0 saturated carbocycles. The van der Waals surface area contributed by atoms with E-state index in [0.717, 1.165) is 36.8 Å². The molecule has 4 nitrogen and oxygen atoms in total. The Morgan fingerprint density at radius 1 is 1.23 bits per heavy atom. The maximum atomic E-state index is 12.8. The van der Waals surface area contributed by atoms with Crippen molar-refractivity contribution < 1.29 is 0 Å². The molecule has 3 rings (SSSR count). The standard InChI is InChI=1S/C19H23Cl2N3OS/c1-4-19(2)8-10-24(11-9-19)18-22-12-15(17(25)23(18)3)26-14-7-5-6-13(20)16(14)21/h5-7,12H,4,8-11H2,1-3H3. The van der Waals surface area contributed by atoms with Gasteiger partial charge in [0.2, 0.25) is 5.95 Å². The van der Waals surface area contributed by atoms with Crippen LogP contribution in [0.15, 0.2) is 39.0 Å². The molecule has 1 aromatic heterocycles. The van der Waals surface area contributed by atoms with E-state index in [2.05, 4.69) is 23.7 Å². The Morgan fingerprint density at radius 3 is 2.58 bits per heavy atom. The third-order valence-corrected chi connectivity index (χ3v) is 7.35. The van der Waals surface area contributed by atoms with Gasteiger partial charge in [-0.15, -0.1) is 0 Å². The summed E-state index contributed by atoms with van der Waals surface area (Å²) in [6.07, 6.45) is 5.07. The van der Waals surface area contributed by atoms with Crippen LogP contribution in [0.5, 0.6) is 0 Å². The van der Waals surface area contributed by atoms with Gasteiger partial charge in [-0.1, -0.05) is 61.3 Å². The Kier molecular flexibility index (Phi) is 5.90. The van der Waals surface area contributed by atoms with E-state index >= 15 is 0 Å². The quantitative estimate of drug-likeness (QED) is 0.687. The number of hydrogen-bond donors (Lipinski definition) is 0. The molecule has 26 heavy (non-hydrogen) atoms. The fourth-order valence-corrected chi connectivity index (χ4v) is 4.54. The molecular weight excluding hydrogens is 389 g/mol. The minimum absolute atomic E-state index is 0.0696. The zero-order valence-corrected chi connectivity index (χ0v) is 17.6. The van der Waals surface area contributed by atoms with Crippen LogP contribution in [-0.2, 0) is 7.05 Å². The maximum absolute atomic E-state index is 12.8. The molecule has 1 aromatic carbocycles. The highest BCUT2D eigenvalue weighted by molar-refractivity contribution is 7.99. The van der Waals surface area contributed by atoms with Crippen molar-refractivity contribution >= 4 is 40.9 Å². The molecule has 0 unspecified atom stereocenters. The molecule has 0 radical (unpaired) electrons. The molecule has 1 saturated heterocycles. The van der Waals surface area contributed by atoms with E-state index in [1.165, 1.54) is 18.2 Å². The Labute approximate surface area is 168 Å². The molecule has 140 valence electrons. The van der Waals surface area contributed by atoms with Gasteiger partial charge in [0.05, 0.1) is 21.1 Å². The zero-order valence-electron chi connectivity index (χ0n) is 15.3. The van der Waals surface area contributed by atoms with Crippen molar-refractivity contribution in [2.45, 2.75) is 42.9 Å². The summed E-state index contributed by atoms with van der Waals surface area (Å²) in [5, 5.41) is 0.936. The highest BCUT2D eigenvalue weighted by atomic mass is 35.5. The number of halogens is 2. The van der Waals surface area contributed by atoms with Crippen molar-refractivity contribution in [2.75, 3.05) is 18.0 Å². The summed E-state index contributed by atoms with van der Waals surface area (Å²) < 4.78 is 1.63. The van der Waals surface area contributed by atoms with Crippen LogP contribution in [0.4, 0.5) is 5.95 Å². The highest BCUT2D eigenvalue weighted by Gasteiger charge is 2.29. The van der Waals surface area contributed by atoms with Crippen molar-refractivity contribution in [1.82, 2.24) is 9.55 Å². The van der Waals surface area contributed by atoms with E-state index in [9.17, 15) is 4.79 Å². The minimum atomic E-state index is -0.0696. The third kappa shape index (κ3) is 3.90. The number of hydrogen-bond acceptors (Lipinski definition) is 4. The van der Waals surface area contributed by atoms with Crippen LogP contribution in [0.3, 0.4) is 0 Å². The fourth-order valence-electron chi connectivity index (χ4n) is 3.16. The fraction of sp³-hybridized carbons (Fsp3) is 0.474. The van der Waals surface area contributed by atoms with Gasteiger partial charge in [0, 0.05) is 25.0 Å². The van der Waals surface area contributed by atoms with E-state index in [1.54, 1.807) is 23.9 Å². The van der Waals surface area contributed by atoms with Crippen molar-refractivity contribution in [3.8, 4) is 0 Å². The lowest BCUT2D eigenvalue weighted by Crippen LogP contribution is -2.41. The summed E-state index contributed by atoms with van der Waals surface area (Å²) in [5.41, 5.74) is 0.328. The third-order valence-electron chi connectivity index (χ3n) is 5.36. The SMILES string of the molecule is CCC1(C)CCN(c2ncc(Sc3cccc(Cl)c3Cl)c(=O)n2C)CC1. The van der Waals surface area contributed by atoms with Crippen LogP contribution < -0.4 is 10.5 Å². The molecule has 0 atom stereocenters. The molecule has 0 aliphatic carbocycles. The maximum Gasteiger partial charge on any atom is 0.268 e. The van der Waals surface area contributed by atoms with Gasteiger partial charge in [-0.25, -0.2) is 4.98 Å². The summed E-state index contributed by atoms with van der Waals surface area (Å²) in [6, 6.07) is 5.40. The Hall–Kier alpha value is -1.17. The molecule has 0 spiro atoms. The number of nitrogens with zero attached hydrogens (tertiary/aromatic N) is 3. The van der Waals surface area contributed by atoms with Crippen molar-refractivity contribution in [1.29, 1.82) is 0 Å². The lowest BCUT2D eigenvalue weighted by Gasteiger charge is -2.39. The Balaban J connectivity index is 1.83. The summed E-state index contributed by atoms with van der Waals surface area (Å²) in [4.78, 5) is 20.9. The molecule has 2 heterocycles. The number of benzene rings is 1. The Morgan fingerprint density at radius 2 is 1.92 bits per heavy atom. The van der Waals surface area contributed by atoms with E-state index in [0.29, 0.717) is 20.4 Å². The number of rotatable bonds is 4. The first-order valence-corrected chi connectivity index (χ1v) is 10.3. The molecule has 1 fully saturated rings. The molecule has 0 bridgehead atoms. The number of piperidine rings is 1. The van der Waals surface area contributed by atoms with E-state index < -0.39 is 0 Å². The van der Waals surface area contributed by atoms with E-state index in [1.807, 2.05) is 12.1 Å². The normalized spacial score (nSPS) is 16.7. The van der Waals surface area contributed by atoms with Gasteiger partial charge in [-0.2, -0.15) is 0 Å². The first kappa shape index (κ1) is 19.6. The predicted molar refractivity (Wildman–Crippen MR) is 110 cm³/mol. The summed E-state index contributed by atoms with van der Waals surface area (Å²) in [6.45, 7) is 6.44. The highest BCUT2D eigenvalue weighted by Crippen LogP contribution is 2.37. The number of anilines is 1. The monoisotopic (exact) mass is 411 g/mol. The zero-order chi connectivity index (χ0) is 18.9. The van der Waals surface area contributed by atoms with Crippen LogP contribution >= 0.6 is 35.0 Å². The second-order valence-corrected chi connectivity index (χ2v) is 8.96. The summed E-state index contributed by atoms with van der Waals surface area (Å²) in [7, 11) is 1.78. The van der Waals surface area contributed by atoms with Gasteiger partial charge in [0.1, 0.15) is 0 Å². The molecular formula is C19H23Cl2N3OS. The van der Waals surface area contributed by atoms with Gasteiger partial charge in [-0.3, -0.25) is 9.36 Å². The lowest BCUT2D eigenvalue weighted by atomic mass is 9.78. The lowest BCUT2D eigenvalue weighted by molar-refractivity contribution is 0.236. The summed E-state index contributed by atoms with van der Waals surface area (Å²) in [5.74, 6) is 0.731. The van der Waals surface area contributed by atoms with Gasteiger partial charge in [-0.05, 0) is 30.4 Å². The van der Waals surface area contributed by atoms with Crippen LogP contribution in [-0.4, -0.2) is 22.6 Å². The summed E-state index contributed by atoms with van der Waals surface area (Å²) >= 11 is 13.6. The molecule has 2 aromatic rings. The van der Waals surface area contributed by atoms with Crippen LogP contribution in [0.25, 0.3) is 0 Å². The van der Waals surface area contributed by atoms with Gasteiger partial charge >= 0.3 is 0 Å². The average molecular weight is 412 g/mol. The van der Waals surface area contributed by atoms with Crippen LogP contribution in [0, 0.1) is 5.41 Å². The van der Waals surface area contributed by atoms with Gasteiger partial charge in [0.15, 0.2) is 0 Å². The van der Waals surface area contributed by atoms with Gasteiger partial charge in [0.25, 0.3) is 5.56 Å². The van der Waals surface area contributed by atoms with E-state index in [-0.39, 0.29) is 5.56 Å². The largest absolute Gasteiger partial charge is 0.342 e. The topological polar surface area (TPSA) is 38.1 Å². The second-order valence-electron chi connectivity index (χ2n) is 7.09. The van der Waals surface area contributed by atoms with Crippen molar-refractivity contribution in [2.24, 2.45) is 12.5 Å². The Bertz CT molecular complexity index is 860. The van der Waals surface area contributed by atoms with Gasteiger partial charge < -0.3 is 4.90 Å². The smallest absolute Gasteiger partial charge is 0.268 e. The predicted octanol–water partition coefficient (Wildman–Crippen LogP) is 5.25. The van der Waals surface area contributed by atoms with E-state index in [4.69, 9.17) is 23.2 Å². The van der Waals surface area contributed by atoms with Crippen molar-refractivity contribution in [3.05, 3.63) is 44.8 Å². The molecule has 0 N–H and O–H groups in total. The number of aromatic nitrogens is 2.